The first-order valence-corrected chi connectivity index (χ1v) is 5.64. The van der Waals surface area contributed by atoms with Gasteiger partial charge in [0.15, 0.2) is 0 Å². The van der Waals surface area contributed by atoms with Crippen molar-refractivity contribution in [3.63, 3.8) is 0 Å². The van der Waals surface area contributed by atoms with Crippen molar-refractivity contribution in [3.05, 3.63) is 23.0 Å². The molecule has 0 bridgehead atoms. The fraction of sp³-hybridized carbons (Fsp3) is 0.583. The van der Waals surface area contributed by atoms with Crippen LogP contribution in [0.2, 0.25) is 0 Å². The Balaban J connectivity index is 2.16. The van der Waals surface area contributed by atoms with E-state index in [-0.39, 0.29) is 5.91 Å². The topological polar surface area (TPSA) is 36.1 Å². The van der Waals surface area contributed by atoms with Crippen molar-refractivity contribution in [1.82, 2.24) is 9.88 Å². The molecular weight excluding hydrogens is 188 g/mol. The van der Waals surface area contributed by atoms with E-state index in [0.29, 0.717) is 0 Å². The van der Waals surface area contributed by atoms with Crippen molar-refractivity contribution in [1.29, 1.82) is 0 Å². The van der Waals surface area contributed by atoms with E-state index in [9.17, 15) is 4.79 Å². The number of H-pyrrole nitrogens is 1. The van der Waals surface area contributed by atoms with Crippen molar-refractivity contribution in [2.45, 2.75) is 33.1 Å². The van der Waals surface area contributed by atoms with Crippen LogP contribution in [0.25, 0.3) is 0 Å². The second kappa shape index (κ2) is 4.09. The summed E-state index contributed by atoms with van der Waals surface area (Å²) >= 11 is 0. The van der Waals surface area contributed by atoms with Crippen LogP contribution in [0.15, 0.2) is 6.07 Å². The molecule has 1 amide bonds. The van der Waals surface area contributed by atoms with Crippen molar-refractivity contribution in [3.8, 4) is 0 Å². The first-order valence-electron chi connectivity index (χ1n) is 5.64. The summed E-state index contributed by atoms with van der Waals surface area (Å²) in [5.74, 6) is 0.191. The third kappa shape index (κ3) is 2.06. The maximum absolute atomic E-state index is 12.1. The standard InChI is InChI=1S/C12H18N2O/c1-9-8-11(10(2)13-9)12(15)14-6-4-3-5-7-14/h8,13H,3-7H2,1-2H3. The number of nitrogens with one attached hydrogen (secondary N) is 1. The van der Waals surface area contributed by atoms with Gasteiger partial charge in [0.25, 0.3) is 5.91 Å². The van der Waals surface area contributed by atoms with Crippen LogP contribution in [-0.4, -0.2) is 28.9 Å². The van der Waals surface area contributed by atoms with Gasteiger partial charge >= 0.3 is 0 Å². The molecule has 1 fully saturated rings. The number of carbonyl (C=O) groups is 1. The van der Waals surface area contributed by atoms with Crippen LogP contribution >= 0.6 is 0 Å². The van der Waals surface area contributed by atoms with Gasteiger partial charge in [0, 0.05) is 24.5 Å². The minimum atomic E-state index is 0.191. The van der Waals surface area contributed by atoms with Gasteiger partial charge in [-0.15, -0.1) is 0 Å². The van der Waals surface area contributed by atoms with Crippen molar-refractivity contribution in [2.75, 3.05) is 13.1 Å². The number of hydrogen-bond donors (Lipinski definition) is 1. The minimum Gasteiger partial charge on any atom is -0.362 e. The Labute approximate surface area is 90.5 Å². The number of piperidine rings is 1. The second-order valence-corrected chi connectivity index (χ2v) is 4.34. The Bertz CT molecular complexity index is 362. The molecule has 1 aromatic rings. The lowest BCUT2D eigenvalue weighted by Gasteiger charge is -2.26. The number of carbonyl (C=O) groups excluding carboxylic acids is 1. The van der Waals surface area contributed by atoms with Crippen LogP contribution in [0.3, 0.4) is 0 Å². The molecule has 1 aliphatic heterocycles. The van der Waals surface area contributed by atoms with Gasteiger partial charge in [-0.05, 0) is 39.2 Å². The molecule has 2 rings (SSSR count). The van der Waals surface area contributed by atoms with Gasteiger partial charge in [-0.25, -0.2) is 0 Å². The first-order chi connectivity index (χ1) is 7.18. The van der Waals surface area contributed by atoms with E-state index in [4.69, 9.17) is 0 Å². The van der Waals surface area contributed by atoms with E-state index in [1.807, 2.05) is 24.8 Å². The number of aromatic nitrogens is 1. The fourth-order valence-electron chi connectivity index (χ4n) is 2.21. The van der Waals surface area contributed by atoms with Crippen LogP contribution in [0.5, 0.6) is 0 Å². The van der Waals surface area contributed by atoms with Gasteiger partial charge in [0.2, 0.25) is 0 Å². The average molecular weight is 206 g/mol. The Hall–Kier alpha value is -1.25. The van der Waals surface area contributed by atoms with E-state index < -0.39 is 0 Å². The predicted molar refractivity (Wildman–Crippen MR) is 60.0 cm³/mol. The average Bonchev–Trinajstić information content (AvgIpc) is 2.58. The molecule has 0 unspecified atom stereocenters. The van der Waals surface area contributed by atoms with Gasteiger partial charge in [0.05, 0.1) is 5.56 Å². The number of hydrogen-bond acceptors (Lipinski definition) is 1. The largest absolute Gasteiger partial charge is 0.362 e. The van der Waals surface area contributed by atoms with Crippen LogP contribution < -0.4 is 0 Å². The molecule has 1 N–H and O–H groups in total. The zero-order valence-corrected chi connectivity index (χ0v) is 9.47. The summed E-state index contributed by atoms with van der Waals surface area (Å²) < 4.78 is 0. The summed E-state index contributed by atoms with van der Waals surface area (Å²) in [6.45, 7) is 5.79. The molecule has 0 radical (unpaired) electrons. The lowest BCUT2D eigenvalue weighted by atomic mass is 10.1. The molecule has 0 aliphatic carbocycles. The predicted octanol–water partition coefficient (Wildman–Crippen LogP) is 2.26. The van der Waals surface area contributed by atoms with E-state index in [1.165, 1.54) is 6.42 Å². The Kier molecular flexibility index (Phi) is 2.80. The van der Waals surface area contributed by atoms with Gasteiger partial charge in [-0.1, -0.05) is 0 Å². The van der Waals surface area contributed by atoms with Crippen LogP contribution in [-0.2, 0) is 0 Å². The molecule has 3 nitrogen and oxygen atoms in total. The van der Waals surface area contributed by atoms with Crippen molar-refractivity contribution in [2.24, 2.45) is 0 Å². The molecule has 15 heavy (non-hydrogen) atoms. The zero-order chi connectivity index (χ0) is 10.8. The van der Waals surface area contributed by atoms with E-state index in [2.05, 4.69) is 4.98 Å². The smallest absolute Gasteiger partial charge is 0.255 e. The number of aryl methyl sites for hydroxylation is 2. The Morgan fingerprint density at radius 2 is 1.93 bits per heavy atom. The molecule has 0 atom stereocenters. The highest BCUT2D eigenvalue weighted by molar-refractivity contribution is 5.95. The lowest BCUT2D eigenvalue weighted by Crippen LogP contribution is -2.35. The molecular formula is C12H18N2O. The second-order valence-electron chi connectivity index (χ2n) is 4.34. The molecule has 0 spiro atoms. The normalized spacial score (nSPS) is 16.8. The lowest BCUT2D eigenvalue weighted by molar-refractivity contribution is 0.0724. The highest BCUT2D eigenvalue weighted by Gasteiger charge is 2.20. The van der Waals surface area contributed by atoms with E-state index in [0.717, 1.165) is 42.9 Å². The number of nitrogens with zero attached hydrogens (tertiary/aromatic N) is 1. The first kappa shape index (κ1) is 10.3. The number of likely N-dealkylation sites (tertiary alicyclic amines) is 1. The van der Waals surface area contributed by atoms with Crippen molar-refractivity contribution < 1.29 is 4.79 Å². The number of aromatic amines is 1. The molecule has 2 heterocycles. The summed E-state index contributed by atoms with van der Waals surface area (Å²) in [6.07, 6.45) is 3.55. The third-order valence-electron chi connectivity index (χ3n) is 3.02. The van der Waals surface area contributed by atoms with Gasteiger partial charge in [0.1, 0.15) is 0 Å². The highest BCUT2D eigenvalue weighted by atomic mass is 16.2. The SMILES string of the molecule is Cc1cc(C(=O)N2CCCCC2)c(C)[nH]1. The quantitative estimate of drug-likeness (QED) is 0.751. The monoisotopic (exact) mass is 206 g/mol. The van der Waals surface area contributed by atoms with E-state index >= 15 is 0 Å². The summed E-state index contributed by atoms with van der Waals surface area (Å²) in [5.41, 5.74) is 2.89. The highest BCUT2D eigenvalue weighted by Crippen LogP contribution is 2.16. The zero-order valence-electron chi connectivity index (χ0n) is 9.47. The maximum Gasteiger partial charge on any atom is 0.255 e. The Morgan fingerprint density at radius 1 is 1.27 bits per heavy atom. The van der Waals surface area contributed by atoms with Gasteiger partial charge < -0.3 is 9.88 Å². The van der Waals surface area contributed by atoms with Crippen LogP contribution in [0.1, 0.15) is 41.0 Å². The van der Waals surface area contributed by atoms with Crippen LogP contribution in [0.4, 0.5) is 0 Å². The molecule has 82 valence electrons. The molecule has 0 saturated carbocycles. The molecule has 1 aliphatic rings. The van der Waals surface area contributed by atoms with Crippen molar-refractivity contribution >= 4 is 5.91 Å². The van der Waals surface area contributed by atoms with Crippen LogP contribution in [0, 0.1) is 13.8 Å². The summed E-state index contributed by atoms with van der Waals surface area (Å²) in [4.78, 5) is 17.3. The maximum atomic E-state index is 12.1. The molecule has 3 heteroatoms. The molecule has 1 saturated heterocycles. The summed E-state index contributed by atoms with van der Waals surface area (Å²) in [5, 5.41) is 0. The minimum absolute atomic E-state index is 0.191. The molecule has 1 aromatic heterocycles. The number of amides is 1. The van der Waals surface area contributed by atoms with Gasteiger partial charge in [-0.3, -0.25) is 4.79 Å². The third-order valence-corrected chi connectivity index (χ3v) is 3.02. The number of rotatable bonds is 1. The van der Waals surface area contributed by atoms with E-state index in [1.54, 1.807) is 0 Å². The summed E-state index contributed by atoms with van der Waals surface area (Å²) in [7, 11) is 0. The summed E-state index contributed by atoms with van der Waals surface area (Å²) in [6, 6.07) is 1.95. The van der Waals surface area contributed by atoms with Gasteiger partial charge in [-0.2, -0.15) is 0 Å². The Morgan fingerprint density at radius 3 is 2.47 bits per heavy atom. The fourth-order valence-corrected chi connectivity index (χ4v) is 2.21. The molecule has 0 aromatic carbocycles.